The highest BCUT2D eigenvalue weighted by molar-refractivity contribution is 5.60. The first-order chi connectivity index (χ1) is 18.2. The van der Waals surface area contributed by atoms with Gasteiger partial charge in [-0.05, 0) is 60.6 Å². The normalized spacial score (nSPS) is 18.1. The topological polar surface area (TPSA) is 98.8 Å². The van der Waals surface area contributed by atoms with E-state index in [1.54, 1.807) is 6.07 Å². The van der Waals surface area contributed by atoms with Gasteiger partial charge in [-0.15, -0.1) is 0 Å². The molecule has 0 bridgehead atoms. The highest BCUT2D eigenvalue weighted by atomic mass is 19.1. The van der Waals surface area contributed by atoms with Crippen LogP contribution in [0.4, 0.5) is 15.9 Å². The highest BCUT2D eigenvalue weighted by Gasteiger charge is 2.31. The molecule has 1 aliphatic rings. The number of rotatable bonds is 10. The maximum absolute atomic E-state index is 15.5. The molecule has 1 fully saturated rings. The van der Waals surface area contributed by atoms with E-state index in [0.717, 1.165) is 48.4 Å². The highest BCUT2D eigenvalue weighted by Crippen LogP contribution is 2.38. The fourth-order valence-electron chi connectivity index (χ4n) is 4.97. The molecule has 7 nitrogen and oxygen atoms in total. The molecule has 3 aromatic rings. The molecule has 2 heterocycles. The van der Waals surface area contributed by atoms with Crippen LogP contribution in [-0.4, -0.2) is 38.2 Å². The van der Waals surface area contributed by atoms with Gasteiger partial charge in [0.15, 0.2) is 5.82 Å². The van der Waals surface area contributed by atoms with Gasteiger partial charge in [-0.25, -0.2) is 9.49 Å². The standard InChI is InChI=1S/C28H40FN5O2.C2H6/c1-6-17(2)13-21-18(11-12-35)8-10-23(26(21)29)31-25-15-24(32-33-25)19-7-9-20(14-19)36-27-22(16-30-34-27)28(3,4)5;1-2/h8,10,15-17,19-20,35H,6-7,9,11-14H2,1-5H3,(H,30,34)(H2,31,32,33);1-2H3. The minimum Gasteiger partial charge on any atom is -0.474 e. The molecule has 3 atom stereocenters. The Labute approximate surface area is 227 Å². The maximum atomic E-state index is 15.5. The fourth-order valence-corrected chi connectivity index (χ4v) is 4.97. The van der Waals surface area contributed by atoms with Crippen LogP contribution >= 0.6 is 0 Å². The van der Waals surface area contributed by atoms with Gasteiger partial charge in [0.1, 0.15) is 11.9 Å². The van der Waals surface area contributed by atoms with E-state index in [1.807, 2.05) is 32.2 Å². The first kappa shape index (κ1) is 29.7. The molecule has 210 valence electrons. The van der Waals surface area contributed by atoms with E-state index in [-0.39, 0.29) is 23.9 Å². The van der Waals surface area contributed by atoms with E-state index in [1.165, 1.54) is 0 Å². The molecule has 1 saturated carbocycles. The Hall–Kier alpha value is -2.87. The first-order valence-electron chi connectivity index (χ1n) is 14.1. The molecule has 4 rings (SSSR count). The lowest BCUT2D eigenvalue weighted by Crippen LogP contribution is -2.17. The Morgan fingerprint density at radius 2 is 1.97 bits per heavy atom. The summed E-state index contributed by atoms with van der Waals surface area (Å²) in [4.78, 5) is 0. The number of nitrogens with one attached hydrogen (secondary N) is 3. The predicted octanol–water partition coefficient (Wildman–Crippen LogP) is 7.18. The number of ether oxygens (including phenoxy) is 1. The fraction of sp³-hybridized carbons (Fsp3) is 0.600. The predicted molar refractivity (Wildman–Crippen MR) is 152 cm³/mol. The van der Waals surface area contributed by atoms with E-state index in [4.69, 9.17) is 4.74 Å². The van der Waals surface area contributed by atoms with Crippen LogP contribution in [0, 0.1) is 11.7 Å². The Bertz CT molecular complexity index is 1150. The van der Waals surface area contributed by atoms with E-state index >= 15 is 4.39 Å². The van der Waals surface area contributed by atoms with Gasteiger partial charge in [-0.3, -0.25) is 5.10 Å². The second-order valence-electron chi connectivity index (χ2n) is 11.2. The van der Waals surface area contributed by atoms with E-state index in [9.17, 15) is 5.11 Å². The third kappa shape index (κ3) is 7.16. The van der Waals surface area contributed by atoms with Crippen molar-refractivity contribution in [2.24, 2.45) is 5.92 Å². The smallest absolute Gasteiger partial charge is 0.213 e. The monoisotopic (exact) mass is 527 g/mol. The van der Waals surface area contributed by atoms with Crippen molar-refractivity contribution in [3.63, 3.8) is 0 Å². The third-order valence-electron chi connectivity index (χ3n) is 7.35. The van der Waals surface area contributed by atoms with Crippen molar-refractivity contribution < 1.29 is 14.2 Å². The summed E-state index contributed by atoms with van der Waals surface area (Å²) in [5.41, 5.74) is 4.04. The van der Waals surface area contributed by atoms with Crippen LogP contribution in [0.25, 0.3) is 0 Å². The lowest BCUT2D eigenvalue weighted by molar-refractivity contribution is 0.195. The molecule has 0 amide bonds. The lowest BCUT2D eigenvalue weighted by Gasteiger charge is -2.20. The first-order valence-corrected chi connectivity index (χ1v) is 14.1. The van der Waals surface area contributed by atoms with Crippen molar-refractivity contribution in [2.75, 3.05) is 11.9 Å². The van der Waals surface area contributed by atoms with Gasteiger partial charge in [-0.1, -0.05) is 61.0 Å². The van der Waals surface area contributed by atoms with Crippen molar-refractivity contribution >= 4 is 11.5 Å². The van der Waals surface area contributed by atoms with Crippen molar-refractivity contribution in [1.82, 2.24) is 20.4 Å². The molecule has 0 saturated heterocycles. The number of anilines is 2. The summed E-state index contributed by atoms with van der Waals surface area (Å²) < 4.78 is 21.8. The zero-order valence-electron chi connectivity index (χ0n) is 24.1. The van der Waals surface area contributed by atoms with E-state index in [2.05, 4.69) is 60.3 Å². The number of aliphatic hydroxyl groups is 1. The molecule has 8 heteroatoms. The summed E-state index contributed by atoms with van der Waals surface area (Å²) in [6, 6.07) is 5.62. The number of halogens is 1. The average Bonchev–Trinajstić information content (AvgIpc) is 3.65. The van der Waals surface area contributed by atoms with Crippen molar-refractivity contribution in [3.05, 3.63) is 52.6 Å². The summed E-state index contributed by atoms with van der Waals surface area (Å²) in [6.45, 7) is 14.7. The van der Waals surface area contributed by atoms with Gasteiger partial charge in [0.05, 0.1) is 11.9 Å². The Kier molecular flexibility index (Phi) is 10.4. The summed E-state index contributed by atoms with van der Waals surface area (Å²) in [5.74, 6) is 1.77. The summed E-state index contributed by atoms with van der Waals surface area (Å²) in [7, 11) is 0. The van der Waals surface area contributed by atoms with Gasteiger partial charge < -0.3 is 15.2 Å². The van der Waals surface area contributed by atoms with Crippen LogP contribution in [0.1, 0.15) is 102 Å². The molecule has 0 aliphatic heterocycles. The van der Waals surface area contributed by atoms with Gasteiger partial charge in [0.2, 0.25) is 5.88 Å². The molecular formula is C30H46FN5O2. The van der Waals surface area contributed by atoms with Gasteiger partial charge in [0.25, 0.3) is 0 Å². The number of aliphatic hydroxyl groups excluding tert-OH is 1. The molecule has 0 radical (unpaired) electrons. The number of hydrogen-bond acceptors (Lipinski definition) is 5. The van der Waals surface area contributed by atoms with Crippen LogP contribution in [0.5, 0.6) is 5.88 Å². The van der Waals surface area contributed by atoms with Crippen LogP contribution in [0.2, 0.25) is 0 Å². The van der Waals surface area contributed by atoms with Crippen molar-refractivity contribution in [1.29, 1.82) is 0 Å². The Morgan fingerprint density at radius 3 is 2.66 bits per heavy atom. The number of hydrogen-bond donors (Lipinski definition) is 4. The van der Waals surface area contributed by atoms with Gasteiger partial charge in [-0.2, -0.15) is 10.2 Å². The summed E-state index contributed by atoms with van der Waals surface area (Å²) in [5, 5.41) is 27.3. The molecule has 38 heavy (non-hydrogen) atoms. The lowest BCUT2D eigenvalue weighted by atomic mass is 9.89. The zero-order valence-corrected chi connectivity index (χ0v) is 24.1. The van der Waals surface area contributed by atoms with Crippen LogP contribution in [0.15, 0.2) is 24.4 Å². The van der Waals surface area contributed by atoms with Crippen molar-refractivity contribution in [3.8, 4) is 5.88 Å². The van der Waals surface area contributed by atoms with Gasteiger partial charge >= 0.3 is 0 Å². The summed E-state index contributed by atoms with van der Waals surface area (Å²) in [6.07, 6.45) is 6.86. The quantitative estimate of drug-likeness (QED) is 0.224. The largest absolute Gasteiger partial charge is 0.474 e. The summed E-state index contributed by atoms with van der Waals surface area (Å²) >= 11 is 0. The molecule has 0 spiro atoms. The van der Waals surface area contributed by atoms with Crippen LogP contribution in [0.3, 0.4) is 0 Å². The van der Waals surface area contributed by atoms with Crippen LogP contribution < -0.4 is 10.1 Å². The molecule has 3 unspecified atom stereocenters. The molecular weight excluding hydrogens is 481 g/mol. The van der Waals surface area contributed by atoms with Gasteiger partial charge in [0, 0.05) is 29.8 Å². The van der Waals surface area contributed by atoms with Crippen molar-refractivity contribution in [2.45, 2.75) is 104 Å². The Balaban J connectivity index is 0.00000195. The zero-order chi connectivity index (χ0) is 27.9. The van der Waals surface area contributed by atoms with E-state index < -0.39 is 0 Å². The number of nitrogens with zero attached hydrogens (tertiary/aromatic N) is 2. The molecule has 4 N–H and O–H groups in total. The molecule has 1 aromatic carbocycles. The maximum Gasteiger partial charge on any atom is 0.213 e. The minimum atomic E-state index is -0.255. The number of aromatic amines is 2. The number of H-pyrrole nitrogens is 2. The molecule has 1 aliphatic carbocycles. The minimum absolute atomic E-state index is 0.00638. The second-order valence-corrected chi connectivity index (χ2v) is 11.2. The SMILES string of the molecule is CC.CCC(C)Cc1c(CCO)ccc(Nc2cc(C3CCC(Oc4[nH]ncc4C(C)(C)C)C3)[nH]n2)c1F. The number of aromatic nitrogens is 4. The molecule has 2 aromatic heterocycles. The number of benzene rings is 1. The Morgan fingerprint density at radius 1 is 1.21 bits per heavy atom. The average molecular weight is 528 g/mol. The van der Waals surface area contributed by atoms with Crippen LogP contribution in [-0.2, 0) is 18.3 Å². The second kappa shape index (κ2) is 13.3. The third-order valence-corrected chi connectivity index (χ3v) is 7.35. The van der Waals surface area contributed by atoms with E-state index in [0.29, 0.717) is 41.7 Å².